The Kier molecular flexibility index (Phi) is 3.85. The number of carbonyl (C=O) groups is 2. The number of nitrogens with one attached hydrogen (secondary N) is 1. The molecule has 0 radical (unpaired) electrons. The summed E-state index contributed by atoms with van der Waals surface area (Å²) in [7, 11) is 0. The zero-order valence-electron chi connectivity index (χ0n) is 11.4. The van der Waals surface area contributed by atoms with Crippen molar-refractivity contribution in [3.05, 3.63) is 34.9 Å². The number of imide groups is 1. The first-order valence-electron chi connectivity index (χ1n) is 6.30. The summed E-state index contributed by atoms with van der Waals surface area (Å²) < 4.78 is 0. The fourth-order valence-electron chi connectivity index (χ4n) is 1.99. The van der Waals surface area contributed by atoms with E-state index in [4.69, 9.17) is 4.84 Å². The lowest BCUT2D eigenvalue weighted by Crippen LogP contribution is -2.28. The van der Waals surface area contributed by atoms with E-state index in [1.54, 1.807) is 0 Å². The molecule has 0 saturated carbocycles. The molecule has 1 aromatic rings. The number of amides is 3. The van der Waals surface area contributed by atoms with Gasteiger partial charge in [0.25, 0.3) is 0 Å². The molecular weight excluding hydrogens is 244 g/mol. The maximum atomic E-state index is 11.3. The van der Waals surface area contributed by atoms with E-state index < -0.39 is 6.03 Å². The van der Waals surface area contributed by atoms with Crippen molar-refractivity contribution in [2.24, 2.45) is 0 Å². The fraction of sp³-hybridized carbons (Fsp3) is 0.429. The summed E-state index contributed by atoms with van der Waals surface area (Å²) in [6, 6.07) is 5.72. The molecule has 5 heteroatoms. The molecule has 1 N–H and O–H groups in total. The highest BCUT2D eigenvalue weighted by Crippen LogP contribution is 2.19. The lowest BCUT2D eigenvalue weighted by atomic mass is 9.98. The normalized spacial score (nSPS) is 15.3. The molecule has 1 saturated heterocycles. The first-order valence-corrected chi connectivity index (χ1v) is 6.30. The van der Waals surface area contributed by atoms with Gasteiger partial charge in [-0.1, -0.05) is 37.6 Å². The first-order chi connectivity index (χ1) is 8.95. The molecule has 2 rings (SSSR count). The van der Waals surface area contributed by atoms with Crippen molar-refractivity contribution in [2.75, 3.05) is 6.54 Å². The number of hydroxylamine groups is 2. The van der Waals surface area contributed by atoms with E-state index in [-0.39, 0.29) is 19.1 Å². The third kappa shape index (κ3) is 3.32. The van der Waals surface area contributed by atoms with Crippen LogP contribution in [0, 0.1) is 6.92 Å². The van der Waals surface area contributed by atoms with Gasteiger partial charge < -0.3 is 0 Å². The molecule has 3 amide bonds. The van der Waals surface area contributed by atoms with Gasteiger partial charge in [0.1, 0.15) is 13.2 Å². The van der Waals surface area contributed by atoms with Crippen LogP contribution in [0.3, 0.4) is 0 Å². The maximum absolute atomic E-state index is 11.3. The second-order valence-corrected chi connectivity index (χ2v) is 5.07. The van der Waals surface area contributed by atoms with E-state index in [9.17, 15) is 9.59 Å². The Morgan fingerprint density at radius 1 is 1.32 bits per heavy atom. The van der Waals surface area contributed by atoms with Crippen molar-refractivity contribution in [3.8, 4) is 0 Å². The summed E-state index contributed by atoms with van der Waals surface area (Å²) in [5.41, 5.74) is 3.39. The highest BCUT2D eigenvalue weighted by atomic mass is 16.7. The Morgan fingerprint density at radius 2 is 2.05 bits per heavy atom. The molecule has 19 heavy (non-hydrogen) atoms. The quantitative estimate of drug-likeness (QED) is 0.845. The van der Waals surface area contributed by atoms with Crippen LogP contribution in [0.15, 0.2) is 18.2 Å². The summed E-state index contributed by atoms with van der Waals surface area (Å²) in [5.74, 6) is 0.104. The minimum Gasteiger partial charge on any atom is -0.274 e. The molecule has 1 fully saturated rings. The van der Waals surface area contributed by atoms with Crippen molar-refractivity contribution < 1.29 is 14.4 Å². The van der Waals surface area contributed by atoms with Gasteiger partial charge in [-0.05, 0) is 24.0 Å². The van der Waals surface area contributed by atoms with Crippen molar-refractivity contribution in [1.29, 1.82) is 0 Å². The van der Waals surface area contributed by atoms with Gasteiger partial charge in [0.05, 0.1) is 0 Å². The van der Waals surface area contributed by atoms with Crippen LogP contribution in [0.25, 0.3) is 0 Å². The first kappa shape index (κ1) is 13.5. The molecule has 0 aromatic heterocycles. The van der Waals surface area contributed by atoms with Gasteiger partial charge in [-0.2, -0.15) is 5.06 Å². The lowest BCUT2D eigenvalue weighted by molar-refractivity contribution is -0.134. The van der Waals surface area contributed by atoms with E-state index in [0.29, 0.717) is 5.92 Å². The fourth-order valence-corrected chi connectivity index (χ4v) is 1.99. The molecule has 1 aromatic carbocycles. The van der Waals surface area contributed by atoms with Gasteiger partial charge in [0, 0.05) is 0 Å². The summed E-state index contributed by atoms with van der Waals surface area (Å²) in [4.78, 5) is 27.7. The van der Waals surface area contributed by atoms with Crippen LogP contribution < -0.4 is 5.32 Å². The number of nitrogens with zero attached hydrogens (tertiary/aromatic N) is 1. The molecule has 5 nitrogen and oxygen atoms in total. The van der Waals surface area contributed by atoms with Gasteiger partial charge in [-0.3, -0.25) is 14.9 Å². The third-order valence-electron chi connectivity index (χ3n) is 2.97. The highest BCUT2D eigenvalue weighted by molar-refractivity contribution is 6.01. The van der Waals surface area contributed by atoms with E-state index >= 15 is 0 Å². The Morgan fingerprint density at radius 3 is 2.63 bits per heavy atom. The Bertz CT molecular complexity index is 511. The summed E-state index contributed by atoms with van der Waals surface area (Å²) in [6.45, 7) is 6.53. The highest BCUT2D eigenvalue weighted by Gasteiger charge is 2.27. The Hall–Kier alpha value is -1.88. The van der Waals surface area contributed by atoms with Crippen molar-refractivity contribution in [2.45, 2.75) is 33.3 Å². The number of carbonyl (C=O) groups excluding carboxylic acids is 2. The third-order valence-corrected chi connectivity index (χ3v) is 2.97. The predicted octanol–water partition coefficient (Wildman–Crippen LogP) is 2.10. The zero-order valence-corrected chi connectivity index (χ0v) is 11.4. The maximum Gasteiger partial charge on any atom is 0.348 e. The van der Waals surface area contributed by atoms with Crippen LogP contribution in [0.4, 0.5) is 4.79 Å². The van der Waals surface area contributed by atoms with E-state index in [2.05, 4.69) is 31.3 Å². The van der Waals surface area contributed by atoms with Gasteiger partial charge in [0.2, 0.25) is 5.91 Å². The number of hydrogen-bond donors (Lipinski definition) is 1. The lowest BCUT2D eigenvalue weighted by Gasteiger charge is -2.15. The molecule has 0 atom stereocenters. The van der Waals surface area contributed by atoms with Crippen LogP contribution >= 0.6 is 0 Å². The van der Waals surface area contributed by atoms with Crippen LogP contribution in [-0.2, 0) is 16.2 Å². The molecule has 1 heterocycles. The smallest absolute Gasteiger partial charge is 0.274 e. The average Bonchev–Trinajstić information content (AvgIpc) is 2.64. The molecular formula is C14H18N2O3. The molecule has 0 spiro atoms. The minimum absolute atomic E-state index is 0.0400. The number of urea groups is 1. The topological polar surface area (TPSA) is 58.6 Å². The SMILES string of the molecule is Cc1cc(CON2CC(=O)NC2=O)cc(C(C)C)c1. The second-order valence-electron chi connectivity index (χ2n) is 5.07. The van der Waals surface area contributed by atoms with Gasteiger partial charge in [-0.25, -0.2) is 4.79 Å². The summed E-state index contributed by atoms with van der Waals surface area (Å²) >= 11 is 0. The average molecular weight is 262 g/mol. The molecule has 0 bridgehead atoms. The van der Waals surface area contributed by atoms with Gasteiger partial charge in [0.15, 0.2) is 0 Å². The molecule has 0 unspecified atom stereocenters. The van der Waals surface area contributed by atoms with Crippen molar-refractivity contribution >= 4 is 11.9 Å². The Balaban J connectivity index is 2.03. The summed E-state index contributed by atoms with van der Waals surface area (Å²) in [6.07, 6.45) is 0. The standard InChI is InChI=1S/C14H18N2O3/c1-9(2)12-5-10(3)4-11(6-12)8-19-16-7-13(17)15-14(16)18/h4-6,9H,7-8H2,1-3H3,(H,15,17,18). The monoisotopic (exact) mass is 262 g/mol. The number of rotatable bonds is 4. The summed E-state index contributed by atoms with van der Waals surface area (Å²) in [5, 5.41) is 3.22. The minimum atomic E-state index is -0.498. The molecule has 0 aliphatic carbocycles. The number of hydrogen-bond acceptors (Lipinski definition) is 3. The van der Waals surface area contributed by atoms with Gasteiger partial charge >= 0.3 is 6.03 Å². The van der Waals surface area contributed by atoms with Crippen LogP contribution in [0.2, 0.25) is 0 Å². The molecule has 102 valence electrons. The van der Waals surface area contributed by atoms with Crippen molar-refractivity contribution in [3.63, 3.8) is 0 Å². The molecule has 1 aliphatic heterocycles. The van der Waals surface area contributed by atoms with Gasteiger partial charge in [-0.15, -0.1) is 0 Å². The zero-order chi connectivity index (χ0) is 14.0. The van der Waals surface area contributed by atoms with E-state index in [1.165, 1.54) is 5.56 Å². The van der Waals surface area contributed by atoms with E-state index in [0.717, 1.165) is 16.2 Å². The Labute approximate surface area is 112 Å². The second kappa shape index (κ2) is 5.40. The number of benzene rings is 1. The van der Waals surface area contributed by atoms with Crippen LogP contribution in [-0.4, -0.2) is 23.5 Å². The predicted molar refractivity (Wildman–Crippen MR) is 70.3 cm³/mol. The van der Waals surface area contributed by atoms with Crippen LogP contribution in [0.5, 0.6) is 0 Å². The van der Waals surface area contributed by atoms with Crippen molar-refractivity contribution in [1.82, 2.24) is 10.4 Å². The van der Waals surface area contributed by atoms with E-state index in [1.807, 2.05) is 13.0 Å². The molecule has 1 aliphatic rings. The largest absolute Gasteiger partial charge is 0.348 e. The number of aryl methyl sites for hydroxylation is 1. The van der Waals surface area contributed by atoms with Crippen LogP contribution in [0.1, 0.15) is 36.5 Å².